The molecule has 5 rings (SSSR count). The van der Waals surface area contributed by atoms with Crippen molar-refractivity contribution in [3.05, 3.63) is 36.9 Å². The monoisotopic (exact) mass is 449 g/mol. The third-order valence-corrected chi connectivity index (χ3v) is 6.31. The number of carbonyl (C=O) groups is 1. The summed E-state index contributed by atoms with van der Waals surface area (Å²) < 4.78 is 5.45. The molecule has 0 unspecified atom stereocenters. The largest absolute Gasteiger partial charge is 0.465 e. The second-order valence-electron chi connectivity index (χ2n) is 8.51. The van der Waals surface area contributed by atoms with Gasteiger partial charge in [0.25, 0.3) is 0 Å². The Kier molecular flexibility index (Phi) is 6.05. The smallest absolute Gasteiger partial charge is 0.407 e. The summed E-state index contributed by atoms with van der Waals surface area (Å²) in [6.07, 6.45) is 8.37. The molecule has 0 radical (unpaired) electrons. The average molecular weight is 450 g/mol. The van der Waals surface area contributed by atoms with Crippen molar-refractivity contribution in [1.29, 1.82) is 0 Å². The highest BCUT2D eigenvalue weighted by atomic mass is 16.4. The molecular weight excluding hydrogens is 422 g/mol. The van der Waals surface area contributed by atoms with Crippen molar-refractivity contribution in [1.82, 2.24) is 25.1 Å². The number of hydrogen-bond donors (Lipinski definition) is 2. The van der Waals surface area contributed by atoms with Gasteiger partial charge in [0.2, 0.25) is 12.3 Å². The molecule has 0 aromatic carbocycles. The van der Waals surface area contributed by atoms with E-state index in [-0.39, 0.29) is 0 Å². The molecule has 2 N–H and O–H groups in total. The lowest BCUT2D eigenvalue weighted by Gasteiger charge is -2.34. The Morgan fingerprint density at radius 2 is 1.88 bits per heavy atom. The fraction of sp³-hybridized carbons (Fsp3) is 0.435. The molecule has 0 atom stereocenters. The van der Waals surface area contributed by atoms with Crippen LogP contribution in [0.2, 0.25) is 0 Å². The summed E-state index contributed by atoms with van der Waals surface area (Å²) in [7, 11) is 0. The van der Waals surface area contributed by atoms with Crippen molar-refractivity contribution in [2.75, 3.05) is 36.4 Å². The molecule has 1 saturated heterocycles. The molecule has 3 aromatic heterocycles. The summed E-state index contributed by atoms with van der Waals surface area (Å²) in [5.41, 5.74) is 2.48. The Bertz CT molecular complexity index is 1090. The van der Waals surface area contributed by atoms with Crippen LogP contribution >= 0.6 is 0 Å². The fourth-order valence-electron chi connectivity index (χ4n) is 4.50. The van der Waals surface area contributed by atoms with E-state index in [1.165, 1.54) is 43.4 Å². The molecule has 33 heavy (non-hydrogen) atoms. The zero-order valence-electron chi connectivity index (χ0n) is 18.4. The number of pyridine rings is 2. The van der Waals surface area contributed by atoms with Gasteiger partial charge in [-0.25, -0.2) is 14.8 Å². The maximum atomic E-state index is 11.3. The van der Waals surface area contributed by atoms with Gasteiger partial charge in [-0.1, -0.05) is 19.3 Å². The van der Waals surface area contributed by atoms with E-state index in [0.717, 1.165) is 28.5 Å². The number of piperazine rings is 1. The van der Waals surface area contributed by atoms with Gasteiger partial charge in [-0.15, -0.1) is 10.2 Å². The van der Waals surface area contributed by atoms with E-state index < -0.39 is 6.09 Å². The predicted octanol–water partition coefficient (Wildman–Crippen LogP) is 3.74. The summed E-state index contributed by atoms with van der Waals surface area (Å²) in [4.78, 5) is 24.2. The number of anilines is 2. The Balaban J connectivity index is 1.44. The van der Waals surface area contributed by atoms with E-state index in [4.69, 9.17) is 9.40 Å². The highest BCUT2D eigenvalue weighted by molar-refractivity contribution is 5.72. The molecule has 1 amide bonds. The van der Waals surface area contributed by atoms with E-state index in [1.54, 1.807) is 6.20 Å². The van der Waals surface area contributed by atoms with Gasteiger partial charge in [0.1, 0.15) is 11.6 Å². The van der Waals surface area contributed by atoms with E-state index in [1.807, 2.05) is 24.3 Å². The highest BCUT2D eigenvalue weighted by Crippen LogP contribution is 2.30. The van der Waals surface area contributed by atoms with Crippen LogP contribution in [0.25, 0.3) is 22.7 Å². The first-order valence-electron chi connectivity index (χ1n) is 11.4. The SMILES string of the molecule is O=C(O)N1CCN(c2cc(-c3nnco3)cc(-c3ccnc(NC4CCCCC4)c3)n2)CC1. The van der Waals surface area contributed by atoms with Crippen LogP contribution in [0.15, 0.2) is 41.3 Å². The lowest BCUT2D eigenvalue weighted by Crippen LogP contribution is -2.48. The maximum Gasteiger partial charge on any atom is 0.407 e. The van der Waals surface area contributed by atoms with Crippen LogP contribution in [0.3, 0.4) is 0 Å². The summed E-state index contributed by atoms with van der Waals surface area (Å²) >= 11 is 0. The van der Waals surface area contributed by atoms with Gasteiger partial charge in [-0.05, 0) is 37.1 Å². The first kappa shape index (κ1) is 21.2. The third kappa shape index (κ3) is 4.89. The van der Waals surface area contributed by atoms with Crippen molar-refractivity contribution in [2.45, 2.75) is 38.1 Å². The lowest BCUT2D eigenvalue weighted by molar-refractivity contribution is 0.142. The number of rotatable bonds is 5. The molecule has 1 aliphatic heterocycles. The molecule has 10 nitrogen and oxygen atoms in total. The number of nitrogens with zero attached hydrogens (tertiary/aromatic N) is 6. The van der Waals surface area contributed by atoms with Crippen molar-refractivity contribution < 1.29 is 14.3 Å². The maximum absolute atomic E-state index is 11.3. The number of amides is 1. The number of nitrogens with one attached hydrogen (secondary N) is 1. The minimum Gasteiger partial charge on any atom is -0.465 e. The van der Waals surface area contributed by atoms with Crippen molar-refractivity contribution in [3.63, 3.8) is 0 Å². The normalized spacial score (nSPS) is 17.2. The molecule has 3 aromatic rings. The van der Waals surface area contributed by atoms with Gasteiger partial charge in [0, 0.05) is 49.5 Å². The Hall–Kier alpha value is -3.69. The molecule has 2 aliphatic rings. The number of aromatic nitrogens is 4. The standard InChI is InChI=1S/C23H27N7O3/c31-23(32)30-10-8-29(9-11-30)21-14-17(22-28-25-15-33-22)12-19(27-21)16-6-7-24-20(13-16)26-18-4-2-1-3-5-18/h6-7,12-15,18H,1-5,8-11H2,(H,24,26)(H,31,32). The van der Waals surface area contributed by atoms with Crippen molar-refractivity contribution >= 4 is 17.7 Å². The molecule has 4 heterocycles. The zero-order valence-corrected chi connectivity index (χ0v) is 18.4. The van der Waals surface area contributed by atoms with E-state index >= 15 is 0 Å². The average Bonchev–Trinajstić information content (AvgIpc) is 3.40. The molecule has 2 fully saturated rings. The Labute approximate surface area is 191 Å². The van der Waals surface area contributed by atoms with Crippen LogP contribution in [0.1, 0.15) is 32.1 Å². The number of hydrogen-bond acceptors (Lipinski definition) is 8. The molecular formula is C23H27N7O3. The minimum atomic E-state index is -0.891. The van der Waals surface area contributed by atoms with E-state index in [2.05, 4.69) is 25.4 Å². The van der Waals surface area contributed by atoms with Crippen molar-refractivity contribution in [3.8, 4) is 22.7 Å². The zero-order chi connectivity index (χ0) is 22.6. The second kappa shape index (κ2) is 9.43. The predicted molar refractivity (Wildman–Crippen MR) is 123 cm³/mol. The number of carboxylic acid groups (broad SMARTS) is 1. The molecule has 0 spiro atoms. The molecule has 0 bridgehead atoms. The molecule has 1 saturated carbocycles. The Morgan fingerprint density at radius 3 is 2.61 bits per heavy atom. The fourth-order valence-corrected chi connectivity index (χ4v) is 4.50. The van der Waals surface area contributed by atoms with Gasteiger partial charge in [0.05, 0.1) is 5.69 Å². The van der Waals surface area contributed by atoms with E-state index in [9.17, 15) is 9.90 Å². The Morgan fingerprint density at radius 1 is 1.06 bits per heavy atom. The second-order valence-corrected chi connectivity index (χ2v) is 8.51. The van der Waals surface area contributed by atoms with Gasteiger partial charge in [-0.3, -0.25) is 0 Å². The van der Waals surface area contributed by atoms with Gasteiger partial charge in [0.15, 0.2) is 0 Å². The van der Waals surface area contributed by atoms with Crippen molar-refractivity contribution in [2.24, 2.45) is 0 Å². The van der Waals surface area contributed by atoms with Gasteiger partial charge < -0.3 is 24.6 Å². The van der Waals surface area contributed by atoms with Gasteiger partial charge in [-0.2, -0.15) is 0 Å². The van der Waals surface area contributed by atoms with Crippen LogP contribution in [0, 0.1) is 0 Å². The summed E-state index contributed by atoms with van der Waals surface area (Å²) in [5, 5.41) is 20.7. The first-order valence-corrected chi connectivity index (χ1v) is 11.4. The van der Waals surface area contributed by atoms with Crippen LogP contribution < -0.4 is 10.2 Å². The molecule has 10 heteroatoms. The third-order valence-electron chi connectivity index (χ3n) is 6.31. The molecule has 172 valence electrons. The summed E-state index contributed by atoms with van der Waals surface area (Å²) in [5.74, 6) is 2.02. The van der Waals surface area contributed by atoms with E-state index in [0.29, 0.717) is 38.1 Å². The molecule has 1 aliphatic carbocycles. The lowest BCUT2D eigenvalue weighted by atomic mass is 9.95. The quantitative estimate of drug-likeness (QED) is 0.600. The topological polar surface area (TPSA) is 121 Å². The summed E-state index contributed by atoms with van der Waals surface area (Å²) in [6.45, 7) is 2.00. The van der Waals surface area contributed by atoms with Crippen LogP contribution in [0.5, 0.6) is 0 Å². The van der Waals surface area contributed by atoms with Crippen LogP contribution in [-0.2, 0) is 0 Å². The highest BCUT2D eigenvalue weighted by Gasteiger charge is 2.23. The van der Waals surface area contributed by atoms with Crippen LogP contribution in [0.4, 0.5) is 16.4 Å². The van der Waals surface area contributed by atoms with Crippen LogP contribution in [-0.4, -0.2) is 68.5 Å². The minimum absolute atomic E-state index is 0.415. The summed E-state index contributed by atoms with van der Waals surface area (Å²) in [6, 6.07) is 8.28. The van der Waals surface area contributed by atoms with Gasteiger partial charge >= 0.3 is 6.09 Å². The first-order chi connectivity index (χ1) is 16.2.